The molecule has 2 N–H and O–H groups in total. The number of carboxylic acid groups (broad SMARTS) is 1. The molecule has 1 saturated heterocycles. The van der Waals surface area contributed by atoms with E-state index in [4.69, 9.17) is 0 Å². The Labute approximate surface area is 151 Å². The van der Waals surface area contributed by atoms with Crippen LogP contribution in [0.1, 0.15) is 18.4 Å². The van der Waals surface area contributed by atoms with Crippen molar-refractivity contribution >= 4 is 23.5 Å². The maximum atomic E-state index is 12.8. The SMILES string of the molecule is Cc1ccc(N2CC[C@H](NC(=O)[C@@H]3[C@@H](C(=O)O)[C@H]4C=C[C@H]3C4)C2=O)cc1. The number of hydrogen-bond donors (Lipinski definition) is 2. The van der Waals surface area contributed by atoms with Gasteiger partial charge in [-0.05, 0) is 43.7 Å². The molecule has 0 spiro atoms. The number of aliphatic carboxylic acids is 1. The van der Waals surface area contributed by atoms with Gasteiger partial charge in [0.05, 0.1) is 11.8 Å². The lowest BCUT2D eigenvalue weighted by Crippen LogP contribution is -2.47. The minimum atomic E-state index is -0.930. The lowest BCUT2D eigenvalue weighted by molar-refractivity contribution is -0.148. The Kier molecular flexibility index (Phi) is 4.05. The van der Waals surface area contributed by atoms with Crippen LogP contribution in [0.3, 0.4) is 0 Å². The van der Waals surface area contributed by atoms with Gasteiger partial charge in [0.2, 0.25) is 11.8 Å². The van der Waals surface area contributed by atoms with E-state index in [1.807, 2.05) is 43.3 Å². The summed E-state index contributed by atoms with van der Waals surface area (Å²) in [5.74, 6) is -2.74. The highest BCUT2D eigenvalue weighted by Crippen LogP contribution is 2.48. The highest BCUT2D eigenvalue weighted by molar-refractivity contribution is 6.02. The lowest BCUT2D eigenvalue weighted by Gasteiger charge is -2.25. The monoisotopic (exact) mass is 354 g/mol. The quantitative estimate of drug-likeness (QED) is 0.807. The number of allylic oxidation sites excluding steroid dienone is 2. The number of benzene rings is 1. The van der Waals surface area contributed by atoms with Gasteiger partial charge < -0.3 is 15.3 Å². The van der Waals surface area contributed by atoms with Crippen molar-refractivity contribution in [2.45, 2.75) is 25.8 Å². The number of carbonyl (C=O) groups excluding carboxylic acids is 2. The van der Waals surface area contributed by atoms with Crippen LogP contribution in [-0.2, 0) is 14.4 Å². The molecule has 1 aromatic carbocycles. The van der Waals surface area contributed by atoms with Crippen molar-refractivity contribution in [2.75, 3.05) is 11.4 Å². The molecule has 0 unspecified atom stereocenters. The van der Waals surface area contributed by atoms with E-state index in [-0.39, 0.29) is 23.7 Å². The van der Waals surface area contributed by atoms with Crippen molar-refractivity contribution in [3.63, 3.8) is 0 Å². The summed E-state index contributed by atoms with van der Waals surface area (Å²) >= 11 is 0. The summed E-state index contributed by atoms with van der Waals surface area (Å²) in [6, 6.07) is 7.12. The van der Waals surface area contributed by atoms with Gasteiger partial charge in [-0.2, -0.15) is 0 Å². The fraction of sp³-hybridized carbons (Fsp3) is 0.450. The van der Waals surface area contributed by atoms with Gasteiger partial charge in [-0.25, -0.2) is 0 Å². The number of carboxylic acids is 1. The summed E-state index contributed by atoms with van der Waals surface area (Å²) < 4.78 is 0. The van der Waals surface area contributed by atoms with Crippen LogP contribution in [-0.4, -0.2) is 35.5 Å². The van der Waals surface area contributed by atoms with E-state index in [2.05, 4.69) is 5.32 Å². The van der Waals surface area contributed by atoms with Crippen molar-refractivity contribution in [2.24, 2.45) is 23.7 Å². The molecule has 136 valence electrons. The predicted octanol–water partition coefficient (Wildman–Crippen LogP) is 1.74. The number of carbonyl (C=O) groups is 3. The molecule has 2 aliphatic carbocycles. The van der Waals surface area contributed by atoms with Crippen molar-refractivity contribution in [1.82, 2.24) is 5.32 Å². The van der Waals surface area contributed by atoms with E-state index in [1.54, 1.807) is 4.90 Å². The van der Waals surface area contributed by atoms with Gasteiger partial charge in [0.25, 0.3) is 0 Å². The molecular weight excluding hydrogens is 332 g/mol. The molecule has 3 aliphatic rings. The zero-order valence-electron chi connectivity index (χ0n) is 14.6. The van der Waals surface area contributed by atoms with Crippen molar-refractivity contribution < 1.29 is 19.5 Å². The first-order valence-electron chi connectivity index (χ1n) is 9.05. The largest absolute Gasteiger partial charge is 0.481 e. The fourth-order valence-corrected chi connectivity index (χ4v) is 4.58. The van der Waals surface area contributed by atoms with Gasteiger partial charge in [-0.15, -0.1) is 0 Å². The van der Waals surface area contributed by atoms with Gasteiger partial charge in [-0.1, -0.05) is 29.8 Å². The van der Waals surface area contributed by atoms with Crippen LogP contribution in [0, 0.1) is 30.6 Å². The number of amides is 2. The van der Waals surface area contributed by atoms with E-state index in [9.17, 15) is 19.5 Å². The molecule has 2 fully saturated rings. The molecule has 0 aromatic heterocycles. The molecule has 1 aromatic rings. The van der Waals surface area contributed by atoms with E-state index in [0.717, 1.165) is 11.3 Å². The average Bonchev–Trinajstić information content (AvgIpc) is 3.31. The molecule has 4 rings (SSSR count). The third-order valence-electron chi connectivity index (χ3n) is 5.91. The number of hydrogen-bond acceptors (Lipinski definition) is 3. The van der Waals surface area contributed by atoms with Gasteiger partial charge in [0.15, 0.2) is 0 Å². The van der Waals surface area contributed by atoms with Gasteiger partial charge in [0, 0.05) is 12.2 Å². The Morgan fingerprint density at radius 1 is 1.12 bits per heavy atom. The molecule has 1 aliphatic heterocycles. The molecule has 0 radical (unpaired) electrons. The van der Waals surface area contributed by atoms with Crippen molar-refractivity contribution in [3.05, 3.63) is 42.0 Å². The van der Waals surface area contributed by atoms with Crippen LogP contribution >= 0.6 is 0 Å². The summed E-state index contributed by atoms with van der Waals surface area (Å²) in [4.78, 5) is 38.7. The standard InChI is InChI=1S/C20H22N2O4/c1-11-2-6-14(7-3-11)22-9-8-15(19(22)24)21-18(23)16-12-4-5-13(10-12)17(16)20(25)26/h2-7,12-13,15-17H,8-10H2,1H3,(H,21,23)(H,25,26)/t12-,13-,15-,16-,17-/m0/s1. The maximum Gasteiger partial charge on any atom is 0.307 e. The molecular formula is C20H22N2O4. The predicted molar refractivity (Wildman–Crippen MR) is 95.4 cm³/mol. The molecule has 2 bridgehead atoms. The van der Waals surface area contributed by atoms with Crippen LogP contribution in [0.5, 0.6) is 0 Å². The topological polar surface area (TPSA) is 86.7 Å². The number of nitrogens with one attached hydrogen (secondary N) is 1. The number of nitrogens with zero attached hydrogens (tertiary/aromatic N) is 1. The van der Waals surface area contributed by atoms with Gasteiger partial charge >= 0.3 is 5.97 Å². The first kappa shape index (κ1) is 16.8. The smallest absolute Gasteiger partial charge is 0.307 e. The fourth-order valence-electron chi connectivity index (χ4n) is 4.58. The average molecular weight is 354 g/mol. The Balaban J connectivity index is 1.45. The van der Waals surface area contributed by atoms with E-state index < -0.39 is 23.8 Å². The minimum absolute atomic E-state index is 0.0363. The Bertz CT molecular complexity index is 786. The number of fused-ring (bicyclic) bond motifs is 2. The van der Waals surface area contributed by atoms with Crippen LogP contribution in [0.2, 0.25) is 0 Å². The van der Waals surface area contributed by atoms with Crippen LogP contribution in [0.15, 0.2) is 36.4 Å². The first-order valence-corrected chi connectivity index (χ1v) is 9.05. The summed E-state index contributed by atoms with van der Waals surface area (Å²) in [5.41, 5.74) is 1.94. The van der Waals surface area contributed by atoms with E-state index in [1.165, 1.54) is 0 Å². The zero-order chi connectivity index (χ0) is 18.4. The Hall–Kier alpha value is -2.63. The van der Waals surface area contributed by atoms with Gasteiger partial charge in [-0.3, -0.25) is 14.4 Å². The molecule has 5 atom stereocenters. The number of aryl methyl sites for hydroxylation is 1. The zero-order valence-corrected chi connectivity index (χ0v) is 14.6. The normalized spacial score (nSPS) is 32.3. The first-order chi connectivity index (χ1) is 12.5. The highest BCUT2D eigenvalue weighted by atomic mass is 16.4. The van der Waals surface area contributed by atoms with Crippen LogP contribution < -0.4 is 10.2 Å². The van der Waals surface area contributed by atoms with Crippen LogP contribution in [0.25, 0.3) is 0 Å². The molecule has 26 heavy (non-hydrogen) atoms. The van der Waals surface area contributed by atoms with Crippen molar-refractivity contribution in [3.8, 4) is 0 Å². The maximum absolute atomic E-state index is 12.8. The Morgan fingerprint density at radius 2 is 1.77 bits per heavy atom. The lowest BCUT2D eigenvalue weighted by atomic mass is 9.82. The third kappa shape index (κ3) is 2.69. The molecule has 6 nitrogen and oxygen atoms in total. The molecule has 1 heterocycles. The second-order valence-electron chi connectivity index (χ2n) is 7.51. The second-order valence-corrected chi connectivity index (χ2v) is 7.51. The summed E-state index contributed by atoms with van der Waals surface area (Å²) in [6.45, 7) is 2.53. The molecule has 2 amide bonds. The van der Waals surface area contributed by atoms with E-state index in [0.29, 0.717) is 19.4 Å². The van der Waals surface area contributed by atoms with E-state index >= 15 is 0 Å². The van der Waals surface area contributed by atoms with Crippen LogP contribution in [0.4, 0.5) is 5.69 Å². The number of anilines is 1. The number of rotatable bonds is 4. The third-order valence-corrected chi connectivity index (χ3v) is 5.91. The molecule has 6 heteroatoms. The van der Waals surface area contributed by atoms with Crippen molar-refractivity contribution in [1.29, 1.82) is 0 Å². The molecule has 1 saturated carbocycles. The summed E-state index contributed by atoms with van der Waals surface area (Å²) in [5, 5.41) is 12.3. The summed E-state index contributed by atoms with van der Waals surface area (Å²) in [7, 11) is 0. The van der Waals surface area contributed by atoms with Gasteiger partial charge in [0.1, 0.15) is 6.04 Å². The summed E-state index contributed by atoms with van der Waals surface area (Å²) in [6.07, 6.45) is 5.10. The highest BCUT2D eigenvalue weighted by Gasteiger charge is 2.52. The Morgan fingerprint density at radius 3 is 2.42 bits per heavy atom. The minimum Gasteiger partial charge on any atom is -0.481 e. The second kappa shape index (κ2) is 6.27.